The lowest BCUT2D eigenvalue weighted by Gasteiger charge is -2.26. The minimum absolute atomic E-state index is 0.236. The van der Waals surface area contributed by atoms with Gasteiger partial charge in [0.05, 0.1) is 0 Å². The number of hydrogen-bond acceptors (Lipinski definition) is 4. The van der Waals surface area contributed by atoms with Gasteiger partial charge in [-0.2, -0.15) is 0 Å². The highest BCUT2D eigenvalue weighted by molar-refractivity contribution is 5.98. The van der Waals surface area contributed by atoms with Gasteiger partial charge >= 0.3 is 0 Å². The molecule has 0 aliphatic rings. The van der Waals surface area contributed by atoms with Gasteiger partial charge in [-0.05, 0) is 81.6 Å². The monoisotopic (exact) mass is 414 g/mol. The molecule has 0 fully saturated rings. The summed E-state index contributed by atoms with van der Waals surface area (Å²) in [4.78, 5) is 17.7. The summed E-state index contributed by atoms with van der Waals surface area (Å²) in [6, 6.07) is 19.1. The molecule has 5 heteroatoms. The van der Waals surface area contributed by atoms with Crippen LogP contribution >= 0.6 is 0 Å². The van der Waals surface area contributed by atoms with Gasteiger partial charge in [0, 0.05) is 11.3 Å². The Morgan fingerprint density at radius 1 is 1.00 bits per heavy atom. The molecule has 5 nitrogen and oxygen atoms in total. The fourth-order valence-corrected chi connectivity index (χ4v) is 3.60. The van der Waals surface area contributed by atoms with Crippen molar-refractivity contribution in [3.05, 3.63) is 77.4 Å². The number of nitrogens with one attached hydrogen (secondary N) is 1. The summed E-state index contributed by atoms with van der Waals surface area (Å²) < 4.78 is 12.0. The highest BCUT2D eigenvalue weighted by Gasteiger charge is 2.30. The third-order valence-corrected chi connectivity index (χ3v) is 5.30. The lowest BCUT2D eigenvalue weighted by molar-refractivity contribution is -0.128. The molecule has 0 unspecified atom stereocenters. The Morgan fingerprint density at radius 2 is 1.74 bits per heavy atom. The minimum Gasteiger partial charge on any atom is -0.478 e. The number of carbonyl (C=O) groups excluding carboxylic acids is 1. The number of aromatic nitrogens is 1. The van der Waals surface area contributed by atoms with Gasteiger partial charge < -0.3 is 14.5 Å². The van der Waals surface area contributed by atoms with Crippen molar-refractivity contribution in [1.29, 1.82) is 0 Å². The van der Waals surface area contributed by atoms with Gasteiger partial charge in [0.15, 0.2) is 11.2 Å². The number of rotatable bonds is 5. The molecule has 31 heavy (non-hydrogen) atoms. The number of hydrogen-bond donors (Lipinski definition) is 1. The van der Waals surface area contributed by atoms with Crippen LogP contribution in [0, 0.1) is 20.8 Å². The van der Waals surface area contributed by atoms with Crippen LogP contribution in [0.5, 0.6) is 5.75 Å². The van der Waals surface area contributed by atoms with Crippen LogP contribution in [0.2, 0.25) is 0 Å². The van der Waals surface area contributed by atoms with Crippen molar-refractivity contribution >= 4 is 22.7 Å². The normalized spacial score (nSPS) is 11.5. The number of oxazole rings is 1. The molecule has 1 amide bonds. The SMILES string of the molecule is Cc1cc(C)c2oc(-c3cccc(NC(=O)C(C)(C)Oc4ccccc4)c3C)nc2c1. The third kappa shape index (κ3) is 4.17. The molecule has 0 aliphatic heterocycles. The molecule has 0 atom stereocenters. The van der Waals surface area contributed by atoms with E-state index in [0.29, 0.717) is 17.3 Å². The Morgan fingerprint density at radius 3 is 2.48 bits per heavy atom. The number of aryl methyl sites for hydroxylation is 2. The van der Waals surface area contributed by atoms with Crippen LogP contribution in [0.25, 0.3) is 22.6 Å². The maximum absolute atomic E-state index is 13.0. The van der Waals surface area contributed by atoms with E-state index in [4.69, 9.17) is 9.15 Å². The summed E-state index contributed by atoms with van der Waals surface area (Å²) in [5.41, 5.74) is 5.18. The topological polar surface area (TPSA) is 64.4 Å². The molecule has 0 bridgehead atoms. The number of anilines is 1. The van der Waals surface area contributed by atoms with Gasteiger partial charge in [-0.3, -0.25) is 4.79 Å². The van der Waals surface area contributed by atoms with E-state index in [2.05, 4.69) is 16.4 Å². The average Bonchev–Trinajstić information content (AvgIpc) is 3.14. The molecule has 4 aromatic rings. The summed E-state index contributed by atoms with van der Waals surface area (Å²) in [6.07, 6.45) is 0. The number of nitrogens with zero attached hydrogens (tertiary/aromatic N) is 1. The predicted molar refractivity (Wildman–Crippen MR) is 123 cm³/mol. The van der Waals surface area contributed by atoms with Crippen molar-refractivity contribution in [2.24, 2.45) is 0 Å². The zero-order valence-electron chi connectivity index (χ0n) is 18.4. The molecule has 0 saturated heterocycles. The molecular formula is C26H26N2O3. The summed E-state index contributed by atoms with van der Waals surface area (Å²) in [6.45, 7) is 9.51. The van der Waals surface area contributed by atoms with Crippen LogP contribution in [0.3, 0.4) is 0 Å². The molecule has 3 aromatic carbocycles. The number of benzene rings is 3. The van der Waals surface area contributed by atoms with Crippen LogP contribution in [-0.4, -0.2) is 16.5 Å². The van der Waals surface area contributed by atoms with E-state index in [1.54, 1.807) is 13.8 Å². The first-order valence-corrected chi connectivity index (χ1v) is 10.3. The van der Waals surface area contributed by atoms with Crippen LogP contribution in [0.1, 0.15) is 30.5 Å². The molecule has 0 radical (unpaired) electrons. The Labute approximate surface area is 182 Å². The molecule has 0 spiro atoms. The first kappa shape index (κ1) is 20.7. The van der Waals surface area contributed by atoms with E-state index in [1.807, 2.05) is 75.4 Å². The van der Waals surface area contributed by atoms with Crippen molar-refractivity contribution in [3.63, 3.8) is 0 Å². The third-order valence-electron chi connectivity index (χ3n) is 5.30. The average molecular weight is 415 g/mol. The lowest BCUT2D eigenvalue weighted by Crippen LogP contribution is -2.42. The minimum atomic E-state index is -1.05. The van der Waals surface area contributed by atoms with Crippen molar-refractivity contribution < 1.29 is 13.9 Å². The number of para-hydroxylation sites is 1. The van der Waals surface area contributed by atoms with Gasteiger partial charge in [-0.25, -0.2) is 4.98 Å². The number of fused-ring (bicyclic) bond motifs is 1. The van der Waals surface area contributed by atoms with Crippen molar-refractivity contribution in [3.8, 4) is 17.2 Å². The fourth-order valence-electron chi connectivity index (χ4n) is 3.60. The van der Waals surface area contributed by atoms with E-state index in [1.165, 1.54) is 0 Å². The van der Waals surface area contributed by atoms with E-state index >= 15 is 0 Å². The van der Waals surface area contributed by atoms with E-state index < -0.39 is 5.60 Å². The van der Waals surface area contributed by atoms with Gasteiger partial charge in [0.25, 0.3) is 5.91 Å². The smallest absolute Gasteiger partial charge is 0.267 e. The van der Waals surface area contributed by atoms with Crippen molar-refractivity contribution in [2.75, 3.05) is 5.32 Å². The molecule has 1 aromatic heterocycles. The van der Waals surface area contributed by atoms with Crippen LogP contribution in [0.4, 0.5) is 5.69 Å². The standard InChI is InChI=1S/C26H26N2O3/c1-16-14-17(2)23-22(15-16)27-24(30-23)20-12-9-13-21(18(20)3)28-25(29)26(4,5)31-19-10-7-6-8-11-19/h6-15H,1-5H3,(H,28,29). The second-order valence-electron chi connectivity index (χ2n) is 8.31. The van der Waals surface area contributed by atoms with Crippen LogP contribution in [0.15, 0.2) is 65.1 Å². The number of amides is 1. The zero-order chi connectivity index (χ0) is 22.2. The van der Waals surface area contributed by atoms with Gasteiger partial charge in [-0.15, -0.1) is 0 Å². The van der Waals surface area contributed by atoms with Crippen LogP contribution < -0.4 is 10.1 Å². The fraction of sp³-hybridized carbons (Fsp3) is 0.231. The summed E-state index contributed by atoms with van der Waals surface area (Å²) in [7, 11) is 0. The summed E-state index contributed by atoms with van der Waals surface area (Å²) in [5.74, 6) is 0.947. The largest absolute Gasteiger partial charge is 0.478 e. The van der Waals surface area contributed by atoms with Crippen LogP contribution in [-0.2, 0) is 4.79 Å². The Balaban J connectivity index is 1.62. The zero-order valence-corrected chi connectivity index (χ0v) is 18.4. The first-order chi connectivity index (χ1) is 14.7. The highest BCUT2D eigenvalue weighted by Crippen LogP contribution is 2.32. The lowest BCUT2D eigenvalue weighted by atomic mass is 10.0. The molecular weight excluding hydrogens is 388 g/mol. The first-order valence-electron chi connectivity index (χ1n) is 10.3. The Hall–Kier alpha value is -3.60. The van der Waals surface area contributed by atoms with E-state index in [9.17, 15) is 4.79 Å². The van der Waals surface area contributed by atoms with Gasteiger partial charge in [-0.1, -0.05) is 30.3 Å². The predicted octanol–water partition coefficient (Wildman–Crippen LogP) is 6.22. The van der Waals surface area contributed by atoms with Gasteiger partial charge in [0.2, 0.25) is 5.89 Å². The van der Waals surface area contributed by atoms with Crippen molar-refractivity contribution in [1.82, 2.24) is 4.98 Å². The molecule has 0 saturated carbocycles. The molecule has 158 valence electrons. The summed E-state index contributed by atoms with van der Waals surface area (Å²) in [5, 5.41) is 3.00. The Bertz CT molecular complexity index is 1260. The van der Waals surface area contributed by atoms with E-state index in [-0.39, 0.29) is 5.91 Å². The number of carbonyl (C=O) groups is 1. The molecule has 4 rings (SSSR count). The molecule has 0 aliphatic carbocycles. The van der Waals surface area contributed by atoms with Gasteiger partial charge in [0.1, 0.15) is 11.3 Å². The maximum Gasteiger partial charge on any atom is 0.267 e. The van der Waals surface area contributed by atoms with Crippen molar-refractivity contribution in [2.45, 2.75) is 40.2 Å². The Kier molecular flexibility index (Phi) is 5.27. The van der Waals surface area contributed by atoms with E-state index in [0.717, 1.165) is 33.4 Å². The molecule has 1 N–H and O–H groups in total. The number of ether oxygens (including phenoxy) is 1. The summed E-state index contributed by atoms with van der Waals surface area (Å²) >= 11 is 0. The second-order valence-corrected chi connectivity index (χ2v) is 8.31. The maximum atomic E-state index is 13.0. The second kappa shape index (κ2) is 7.91. The molecule has 1 heterocycles. The quantitative estimate of drug-likeness (QED) is 0.421. The highest BCUT2D eigenvalue weighted by atomic mass is 16.5.